The molecule has 152 valence electrons. The Morgan fingerprint density at radius 3 is 2.52 bits per heavy atom. The molecule has 0 aliphatic carbocycles. The molecular weight excluding hydrogens is 416 g/mol. The van der Waals surface area contributed by atoms with Crippen LogP contribution in [0.2, 0.25) is 5.02 Å². The fourth-order valence-electron chi connectivity index (χ4n) is 3.64. The number of piperazine rings is 1. The third kappa shape index (κ3) is 3.57. The van der Waals surface area contributed by atoms with E-state index in [2.05, 4.69) is 9.88 Å². The lowest BCUT2D eigenvalue weighted by atomic mass is 10.1. The molecule has 8 nitrogen and oxygen atoms in total. The first-order chi connectivity index (χ1) is 13.8. The van der Waals surface area contributed by atoms with Gasteiger partial charge in [0, 0.05) is 66.1 Å². The van der Waals surface area contributed by atoms with Crippen molar-refractivity contribution in [2.24, 2.45) is 0 Å². The second kappa shape index (κ2) is 7.33. The predicted molar refractivity (Wildman–Crippen MR) is 112 cm³/mol. The Hall–Kier alpha value is -2.62. The van der Waals surface area contributed by atoms with Gasteiger partial charge in [-0.2, -0.15) is 4.31 Å². The SMILES string of the molecule is Cc1ccc(Cl)cc1N1CCN(S(=O)(=O)c2c[nH]c3ccc([N+](=O)[O-])cc23)CC1. The number of non-ortho nitro benzene ring substituents is 1. The molecule has 1 aliphatic heterocycles. The number of aryl methyl sites for hydroxylation is 1. The van der Waals surface area contributed by atoms with E-state index >= 15 is 0 Å². The van der Waals surface area contributed by atoms with Gasteiger partial charge in [-0.25, -0.2) is 8.42 Å². The Bertz CT molecular complexity index is 1200. The van der Waals surface area contributed by atoms with E-state index in [1.807, 2.05) is 25.1 Å². The summed E-state index contributed by atoms with van der Waals surface area (Å²) in [6.45, 7) is 3.69. The quantitative estimate of drug-likeness (QED) is 0.500. The van der Waals surface area contributed by atoms with Crippen molar-refractivity contribution >= 4 is 43.9 Å². The van der Waals surface area contributed by atoms with Crippen LogP contribution in [0.3, 0.4) is 0 Å². The van der Waals surface area contributed by atoms with Crippen molar-refractivity contribution < 1.29 is 13.3 Å². The van der Waals surface area contributed by atoms with Crippen molar-refractivity contribution in [3.8, 4) is 0 Å². The van der Waals surface area contributed by atoms with Crippen molar-refractivity contribution in [2.75, 3.05) is 31.1 Å². The Morgan fingerprint density at radius 2 is 1.83 bits per heavy atom. The van der Waals surface area contributed by atoms with E-state index < -0.39 is 14.9 Å². The summed E-state index contributed by atoms with van der Waals surface area (Å²) in [7, 11) is -3.78. The normalized spacial score (nSPS) is 15.7. The van der Waals surface area contributed by atoms with E-state index in [1.165, 1.54) is 28.7 Å². The first kappa shape index (κ1) is 19.7. The van der Waals surface area contributed by atoms with E-state index in [0.29, 0.717) is 42.1 Å². The van der Waals surface area contributed by atoms with E-state index in [-0.39, 0.29) is 10.6 Å². The number of aromatic amines is 1. The number of anilines is 1. The van der Waals surface area contributed by atoms with Crippen molar-refractivity contribution in [1.82, 2.24) is 9.29 Å². The van der Waals surface area contributed by atoms with Gasteiger partial charge in [0.2, 0.25) is 10.0 Å². The van der Waals surface area contributed by atoms with Gasteiger partial charge in [-0.1, -0.05) is 17.7 Å². The highest BCUT2D eigenvalue weighted by Crippen LogP contribution is 2.30. The van der Waals surface area contributed by atoms with Gasteiger partial charge in [-0.3, -0.25) is 10.1 Å². The first-order valence-corrected chi connectivity index (χ1v) is 10.9. The maximum Gasteiger partial charge on any atom is 0.270 e. The van der Waals surface area contributed by atoms with Crippen LogP contribution in [0.15, 0.2) is 47.5 Å². The summed E-state index contributed by atoms with van der Waals surface area (Å²) in [5, 5.41) is 12.0. The van der Waals surface area contributed by atoms with E-state index in [9.17, 15) is 18.5 Å². The van der Waals surface area contributed by atoms with E-state index in [1.54, 1.807) is 0 Å². The zero-order valence-corrected chi connectivity index (χ0v) is 17.2. The van der Waals surface area contributed by atoms with Gasteiger partial charge < -0.3 is 9.88 Å². The van der Waals surface area contributed by atoms with Crippen LogP contribution >= 0.6 is 11.6 Å². The lowest BCUT2D eigenvalue weighted by Gasteiger charge is -2.36. The Balaban J connectivity index is 1.60. The summed E-state index contributed by atoms with van der Waals surface area (Å²) in [5.41, 5.74) is 2.48. The van der Waals surface area contributed by atoms with Gasteiger partial charge in [0.15, 0.2) is 0 Å². The Labute approximate surface area is 172 Å². The molecule has 0 radical (unpaired) electrons. The van der Waals surface area contributed by atoms with Crippen LogP contribution in [-0.4, -0.2) is 48.8 Å². The lowest BCUT2D eigenvalue weighted by molar-refractivity contribution is -0.384. The minimum atomic E-state index is -3.78. The smallest absolute Gasteiger partial charge is 0.270 e. The van der Waals surface area contributed by atoms with E-state index in [4.69, 9.17) is 11.6 Å². The van der Waals surface area contributed by atoms with Crippen LogP contribution in [0.1, 0.15) is 5.56 Å². The monoisotopic (exact) mass is 434 g/mol. The van der Waals surface area contributed by atoms with Gasteiger partial charge in [-0.15, -0.1) is 0 Å². The highest BCUT2D eigenvalue weighted by Gasteiger charge is 2.31. The van der Waals surface area contributed by atoms with Gasteiger partial charge in [0.05, 0.1) is 4.92 Å². The zero-order chi connectivity index (χ0) is 20.8. The zero-order valence-electron chi connectivity index (χ0n) is 15.6. The number of nitrogens with one attached hydrogen (secondary N) is 1. The van der Waals surface area contributed by atoms with Crippen LogP contribution in [0.4, 0.5) is 11.4 Å². The fourth-order valence-corrected chi connectivity index (χ4v) is 5.38. The first-order valence-electron chi connectivity index (χ1n) is 9.04. The fraction of sp³-hybridized carbons (Fsp3) is 0.263. The molecule has 10 heteroatoms. The number of fused-ring (bicyclic) bond motifs is 1. The second-order valence-corrected chi connectivity index (χ2v) is 9.30. The average molecular weight is 435 g/mol. The molecule has 1 aliphatic rings. The number of nitro benzene ring substituents is 1. The molecule has 0 unspecified atom stereocenters. The summed E-state index contributed by atoms with van der Waals surface area (Å²) in [4.78, 5) is 15.6. The predicted octanol–water partition coefficient (Wildman–Crippen LogP) is 3.55. The lowest BCUT2D eigenvalue weighted by Crippen LogP contribution is -2.48. The average Bonchev–Trinajstić information content (AvgIpc) is 3.14. The number of hydrogen-bond donors (Lipinski definition) is 1. The second-order valence-electron chi connectivity index (χ2n) is 6.96. The molecule has 0 amide bonds. The largest absolute Gasteiger partial charge is 0.369 e. The molecule has 0 saturated carbocycles. The maximum atomic E-state index is 13.2. The van der Waals surface area contributed by atoms with Crippen molar-refractivity contribution in [2.45, 2.75) is 11.8 Å². The molecule has 1 fully saturated rings. The van der Waals surface area contributed by atoms with E-state index in [0.717, 1.165) is 11.3 Å². The number of rotatable bonds is 4. The highest BCUT2D eigenvalue weighted by molar-refractivity contribution is 7.89. The van der Waals surface area contributed by atoms with Gasteiger partial charge in [-0.05, 0) is 30.7 Å². The van der Waals surface area contributed by atoms with Crippen molar-refractivity contribution in [3.63, 3.8) is 0 Å². The molecule has 0 bridgehead atoms. The number of benzene rings is 2. The minimum Gasteiger partial charge on any atom is -0.369 e. The molecule has 0 atom stereocenters. The molecule has 29 heavy (non-hydrogen) atoms. The molecular formula is C19H19ClN4O4S. The third-order valence-electron chi connectivity index (χ3n) is 5.21. The minimum absolute atomic E-state index is 0.0589. The molecule has 0 spiro atoms. The summed E-state index contributed by atoms with van der Waals surface area (Å²) >= 11 is 6.11. The molecule has 4 rings (SSSR count). The molecule has 3 aromatic rings. The molecule has 1 saturated heterocycles. The number of nitro groups is 1. The van der Waals surface area contributed by atoms with Gasteiger partial charge >= 0.3 is 0 Å². The molecule has 1 aromatic heterocycles. The highest BCUT2D eigenvalue weighted by atomic mass is 35.5. The Kier molecular flexibility index (Phi) is 4.97. The van der Waals surface area contributed by atoms with Crippen molar-refractivity contribution in [1.29, 1.82) is 0 Å². The number of halogens is 1. The standard InChI is InChI=1S/C19H19ClN4O4S/c1-13-2-3-14(20)10-18(13)22-6-8-23(9-7-22)29(27,28)19-12-21-17-5-4-15(24(25)26)11-16(17)19/h2-5,10-12,21H,6-9H2,1H3. The van der Waals surface area contributed by atoms with Crippen molar-refractivity contribution in [3.05, 3.63) is 63.3 Å². The third-order valence-corrected chi connectivity index (χ3v) is 7.38. The number of hydrogen-bond acceptors (Lipinski definition) is 5. The van der Waals surface area contributed by atoms with Crippen LogP contribution in [0.5, 0.6) is 0 Å². The molecule has 2 aromatic carbocycles. The van der Waals surface area contributed by atoms with Crippen LogP contribution in [-0.2, 0) is 10.0 Å². The summed E-state index contributed by atoms with van der Waals surface area (Å²) in [6, 6.07) is 9.83. The van der Waals surface area contributed by atoms with Crippen LogP contribution in [0.25, 0.3) is 10.9 Å². The van der Waals surface area contributed by atoms with Gasteiger partial charge in [0.1, 0.15) is 4.90 Å². The van der Waals surface area contributed by atoms with Gasteiger partial charge in [0.25, 0.3) is 5.69 Å². The number of aromatic nitrogens is 1. The summed E-state index contributed by atoms with van der Waals surface area (Å²) in [6.07, 6.45) is 1.40. The topological polar surface area (TPSA) is 99.6 Å². The summed E-state index contributed by atoms with van der Waals surface area (Å²) < 4.78 is 27.8. The number of H-pyrrole nitrogens is 1. The maximum absolute atomic E-state index is 13.2. The Morgan fingerprint density at radius 1 is 1.10 bits per heavy atom. The number of sulfonamides is 1. The number of nitrogens with zero attached hydrogens (tertiary/aromatic N) is 3. The summed E-state index contributed by atoms with van der Waals surface area (Å²) in [5.74, 6) is 0. The molecule has 1 N–H and O–H groups in total. The van der Waals surface area contributed by atoms with Crippen LogP contribution in [0, 0.1) is 17.0 Å². The molecule has 2 heterocycles. The van der Waals surface area contributed by atoms with Crippen LogP contribution < -0.4 is 4.90 Å².